The Labute approximate surface area is 198 Å². The van der Waals surface area contributed by atoms with E-state index in [2.05, 4.69) is 107 Å². The number of benzene rings is 2. The normalized spacial score (nSPS) is 12.7. The maximum absolute atomic E-state index is 5.07. The lowest BCUT2D eigenvalue weighted by Crippen LogP contribution is -2.15. The fraction of sp³-hybridized carbons (Fsp3) is 0.600. The van der Waals surface area contributed by atoms with Gasteiger partial charge in [0, 0.05) is 0 Å². The van der Waals surface area contributed by atoms with Gasteiger partial charge in [0.15, 0.2) is 0 Å². The van der Waals surface area contributed by atoms with Crippen LogP contribution in [-0.4, -0.2) is 0 Å². The molecule has 0 saturated carbocycles. The third-order valence-electron chi connectivity index (χ3n) is 6.37. The zero-order valence-corrected chi connectivity index (χ0v) is 22.7. The van der Waals surface area contributed by atoms with E-state index in [1.54, 1.807) is 5.56 Å². The van der Waals surface area contributed by atoms with Crippen molar-refractivity contribution in [2.24, 2.45) is 10.2 Å². The van der Waals surface area contributed by atoms with Crippen LogP contribution < -0.4 is 0 Å². The molecule has 2 rings (SSSR count). The van der Waals surface area contributed by atoms with Gasteiger partial charge in [0.25, 0.3) is 0 Å². The molecular weight excluding hydrogens is 388 g/mol. The summed E-state index contributed by atoms with van der Waals surface area (Å²) < 4.78 is 0. The molecule has 0 aliphatic rings. The molecule has 0 radical (unpaired) electrons. The molecule has 0 aromatic heterocycles. The molecule has 0 aliphatic carbocycles. The highest BCUT2D eigenvalue weighted by atomic mass is 15.1. The minimum atomic E-state index is 0.387. The first-order valence-electron chi connectivity index (χ1n) is 12.6. The van der Waals surface area contributed by atoms with Crippen LogP contribution in [0.5, 0.6) is 0 Å². The number of hydrogen-bond acceptors (Lipinski definition) is 2. The van der Waals surface area contributed by atoms with Crippen LogP contribution in [0.25, 0.3) is 0 Å². The van der Waals surface area contributed by atoms with Crippen molar-refractivity contribution in [3.63, 3.8) is 0 Å². The topological polar surface area (TPSA) is 24.7 Å². The largest absolute Gasteiger partial charge is 0.150 e. The molecule has 0 spiro atoms. The molecule has 0 aliphatic heterocycles. The highest BCUT2D eigenvalue weighted by molar-refractivity contribution is 5.67. The van der Waals surface area contributed by atoms with Gasteiger partial charge >= 0.3 is 0 Å². The summed E-state index contributed by atoms with van der Waals surface area (Å²) in [7, 11) is 0. The van der Waals surface area contributed by atoms with Crippen molar-refractivity contribution in [3.05, 3.63) is 57.6 Å². The first-order valence-corrected chi connectivity index (χ1v) is 12.6. The van der Waals surface area contributed by atoms with Crippen molar-refractivity contribution in [2.75, 3.05) is 0 Å². The third kappa shape index (κ3) is 5.33. The molecule has 0 unspecified atom stereocenters. The minimum Gasteiger partial charge on any atom is -0.150 e. The molecule has 32 heavy (non-hydrogen) atoms. The van der Waals surface area contributed by atoms with Crippen LogP contribution in [0.15, 0.2) is 34.5 Å². The number of azo groups is 1. The van der Waals surface area contributed by atoms with Crippen LogP contribution >= 0.6 is 0 Å². The quantitative estimate of drug-likeness (QED) is 0.369. The van der Waals surface area contributed by atoms with E-state index in [-0.39, 0.29) is 0 Å². The van der Waals surface area contributed by atoms with Crippen LogP contribution in [0.3, 0.4) is 0 Å². The van der Waals surface area contributed by atoms with E-state index in [0.29, 0.717) is 35.5 Å². The smallest absolute Gasteiger partial charge is 0.0932 e. The second-order valence-electron chi connectivity index (χ2n) is 11.1. The first kappa shape index (κ1) is 26.3. The Morgan fingerprint density at radius 2 is 0.812 bits per heavy atom. The second-order valence-corrected chi connectivity index (χ2v) is 11.1. The lowest BCUT2D eigenvalue weighted by atomic mass is 9.73. The predicted molar refractivity (Wildman–Crippen MR) is 142 cm³/mol. The molecular formula is C30H46N2. The van der Waals surface area contributed by atoms with Gasteiger partial charge < -0.3 is 0 Å². The molecule has 2 nitrogen and oxygen atoms in total. The van der Waals surface area contributed by atoms with E-state index in [0.717, 1.165) is 11.4 Å². The molecule has 2 heteroatoms. The van der Waals surface area contributed by atoms with Crippen molar-refractivity contribution in [1.82, 2.24) is 0 Å². The van der Waals surface area contributed by atoms with Gasteiger partial charge in [0.1, 0.15) is 0 Å². The molecule has 0 amide bonds. The lowest BCUT2D eigenvalue weighted by Gasteiger charge is -2.32. The summed E-state index contributed by atoms with van der Waals surface area (Å²) in [5.74, 6) is 2.56. The summed E-state index contributed by atoms with van der Waals surface area (Å²) in [6.45, 7) is 27.7. The van der Waals surface area contributed by atoms with Gasteiger partial charge in [-0.25, -0.2) is 0 Å². The SMILES string of the molecule is CC(C)c1ccccc1N=Nc1c(C(C)C)c(C(C)C)c(C(C)C)c(C(C)C)c1C(C)C. The highest BCUT2D eigenvalue weighted by Crippen LogP contribution is 2.49. The van der Waals surface area contributed by atoms with Gasteiger partial charge in [-0.3, -0.25) is 0 Å². The molecule has 2 aromatic rings. The average molecular weight is 435 g/mol. The molecule has 2 aromatic carbocycles. The van der Waals surface area contributed by atoms with E-state index in [1.807, 2.05) is 0 Å². The first-order chi connectivity index (χ1) is 14.9. The van der Waals surface area contributed by atoms with Crippen LogP contribution in [0.4, 0.5) is 11.4 Å². The Morgan fingerprint density at radius 1 is 0.438 bits per heavy atom. The van der Waals surface area contributed by atoms with Crippen molar-refractivity contribution in [2.45, 2.75) is 119 Å². The predicted octanol–water partition coefficient (Wildman–Crippen LogP) is 10.8. The summed E-state index contributed by atoms with van der Waals surface area (Å²) in [5, 5.41) is 9.96. The average Bonchev–Trinajstić information content (AvgIpc) is 2.69. The van der Waals surface area contributed by atoms with Crippen molar-refractivity contribution in [3.8, 4) is 0 Å². The van der Waals surface area contributed by atoms with Crippen molar-refractivity contribution in [1.29, 1.82) is 0 Å². The van der Waals surface area contributed by atoms with Gasteiger partial charge in [-0.15, -0.1) is 5.11 Å². The van der Waals surface area contributed by atoms with Gasteiger partial charge in [-0.2, -0.15) is 5.11 Å². The van der Waals surface area contributed by atoms with Gasteiger partial charge in [0.2, 0.25) is 0 Å². The van der Waals surface area contributed by atoms with Gasteiger partial charge in [-0.05, 0) is 75.0 Å². The number of nitrogens with zero attached hydrogens (tertiary/aromatic N) is 2. The van der Waals surface area contributed by atoms with Crippen LogP contribution in [0, 0.1) is 0 Å². The summed E-state index contributed by atoms with van der Waals surface area (Å²) in [6, 6.07) is 8.43. The monoisotopic (exact) mass is 434 g/mol. The zero-order valence-electron chi connectivity index (χ0n) is 22.7. The fourth-order valence-corrected chi connectivity index (χ4v) is 5.15. The van der Waals surface area contributed by atoms with E-state index >= 15 is 0 Å². The molecule has 0 heterocycles. The zero-order chi connectivity index (χ0) is 24.3. The number of hydrogen-bond donors (Lipinski definition) is 0. The van der Waals surface area contributed by atoms with Crippen LogP contribution in [0.1, 0.15) is 152 Å². The lowest BCUT2D eigenvalue weighted by molar-refractivity contribution is 0.698. The van der Waals surface area contributed by atoms with Gasteiger partial charge in [-0.1, -0.05) is 101 Å². The molecule has 0 bridgehead atoms. The Morgan fingerprint density at radius 3 is 1.19 bits per heavy atom. The minimum absolute atomic E-state index is 0.387. The standard InChI is InChI=1S/C30H46N2/c1-17(2)23-15-13-14-16-24(23)31-32-30-28(21(9)10)26(19(5)6)25(18(3)4)27(20(7)8)29(30)22(11)12/h13-22H,1-12H3. The summed E-state index contributed by atoms with van der Waals surface area (Å²) >= 11 is 0. The Hall–Kier alpha value is -1.96. The third-order valence-corrected chi connectivity index (χ3v) is 6.37. The second kappa shape index (κ2) is 10.8. The maximum atomic E-state index is 5.07. The summed E-state index contributed by atoms with van der Waals surface area (Å²) in [4.78, 5) is 0. The Kier molecular flexibility index (Phi) is 8.85. The highest BCUT2D eigenvalue weighted by Gasteiger charge is 2.30. The van der Waals surface area contributed by atoms with Crippen LogP contribution in [-0.2, 0) is 0 Å². The van der Waals surface area contributed by atoms with E-state index < -0.39 is 0 Å². The number of rotatable bonds is 8. The maximum Gasteiger partial charge on any atom is 0.0932 e. The van der Waals surface area contributed by atoms with Crippen molar-refractivity contribution < 1.29 is 0 Å². The Bertz CT molecular complexity index is 903. The van der Waals surface area contributed by atoms with Crippen LogP contribution in [0.2, 0.25) is 0 Å². The van der Waals surface area contributed by atoms with Gasteiger partial charge in [0.05, 0.1) is 11.4 Å². The molecule has 0 N–H and O–H groups in total. The Balaban J connectivity index is 3.02. The van der Waals surface area contributed by atoms with E-state index in [9.17, 15) is 0 Å². The molecule has 0 atom stereocenters. The summed E-state index contributed by atoms with van der Waals surface area (Å²) in [6.07, 6.45) is 0. The molecule has 176 valence electrons. The molecule has 0 saturated heterocycles. The summed E-state index contributed by atoms with van der Waals surface area (Å²) in [5.41, 5.74) is 10.7. The molecule has 0 fully saturated rings. The van der Waals surface area contributed by atoms with E-state index in [1.165, 1.54) is 27.8 Å². The van der Waals surface area contributed by atoms with E-state index in [4.69, 9.17) is 10.2 Å². The fourth-order valence-electron chi connectivity index (χ4n) is 5.15. The van der Waals surface area contributed by atoms with Crippen molar-refractivity contribution >= 4 is 11.4 Å².